The monoisotopic (exact) mass is 505 g/mol. The molecule has 0 aliphatic rings. The van der Waals surface area contributed by atoms with E-state index >= 15 is 0 Å². The molecule has 7 heteroatoms. The van der Waals surface area contributed by atoms with Crippen molar-refractivity contribution in [3.8, 4) is 5.75 Å². The van der Waals surface area contributed by atoms with Gasteiger partial charge in [-0.1, -0.05) is 48.5 Å². The smallest absolute Gasteiger partial charge is 0.191 e. The number of halogens is 1. The predicted octanol–water partition coefficient (Wildman–Crippen LogP) is 3.81. The molecule has 1 aromatic heterocycles. The van der Waals surface area contributed by atoms with Gasteiger partial charge in [-0.2, -0.15) is 0 Å². The summed E-state index contributed by atoms with van der Waals surface area (Å²) in [7, 11) is 1.68. The van der Waals surface area contributed by atoms with E-state index in [2.05, 4.69) is 56.4 Å². The first-order valence-electron chi connectivity index (χ1n) is 9.48. The van der Waals surface area contributed by atoms with Crippen molar-refractivity contribution in [2.24, 2.45) is 4.99 Å². The summed E-state index contributed by atoms with van der Waals surface area (Å²) >= 11 is 0. The summed E-state index contributed by atoms with van der Waals surface area (Å²) in [5, 5.41) is 6.65. The second-order valence-electron chi connectivity index (χ2n) is 6.32. The second kappa shape index (κ2) is 12.1. The van der Waals surface area contributed by atoms with Gasteiger partial charge in [0, 0.05) is 31.0 Å². The third-order valence-corrected chi connectivity index (χ3v) is 4.36. The number of methoxy groups -OCH3 is 1. The van der Waals surface area contributed by atoms with E-state index in [1.807, 2.05) is 42.7 Å². The van der Waals surface area contributed by atoms with Gasteiger partial charge in [0.15, 0.2) is 5.96 Å². The Kier molecular flexibility index (Phi) is 9.49. The molecule has 0 bridgehead atoms. The lowest BCUT2D eigenvalue weighted by Gasteiger charge is -2.13. The van der Waals surface area contributed by atoms with Gasteiger partial charge in [0.1, 0.15) is 11.6 Å². The number of benzene rings is 2. The topological polar surface area (TPSA) is 63.5 Å². The number of aliphatic imine (C=N–C) groups is 1. The number of rotatable bonds is 8. The minimum absolute atomic E-state index is 0. The van der Waals surface area contributed by atoms with Crippen molar-refractivity contribution < 1.29 is 4.74 Å². The van der Waals surface area contributed by atoms with Crippen LogP contribution in [0.15, 0.2) is 72.0 Å². The number of hydrogen-bond donors (Lipinski definition) is 2. The van der Waals surface area contributed by atoms with Crippen LogP contribution in [0.4, 0.5) is 0 Å². The maximum atomic E-state index is 5.41. The summed E-state index contributed by atoms with van der Waals surface area (Å²) in [6.07, 6.45) is 3.84. The first-order valence-corrected chi connectivity index (χ1v) is 9.48. The molecule has 2 aromatic carbocycles. The van der Waals surface area contributed by atoms with Crippen LogP contribution in [0.5, 0.6) is 5.75 Å². The SMILES string of the molecule is CCNC(=NCc1ccccc1OC)NCc1nccn1Cc1ccccc1.I. The van der Waals surface area contributed by atoms with E-state index in [-0.39, 0.29) is 24.0 Å². The highest BCUT2D eigenvalue weighted by atomic mass is 127. The first-order chi connectivity index (χ1) is 13.8. The molecule has 154 valence electrons. The predicted molar refractivity (Wildman–Crippen MR) is 128 cm³/mol. The van der Waals surface area contributed by atoms with Crippen molar-refractivity contribution in [3.05, 3.63) is 83.9 Å². The van der Waals surface area contributed by atoms with Crippen LogP contribution in [0.2, 0.25) is 0 Å². The molecule has 2 N–H and O–H groups in total. The highest BCUT2D eigenvalue weighted by Crippen LogP contribution is 2.17. The van der Waals surface area contributed by atoms with Gasteiger partial charge < -0.3 is 19.9 Å². The van der Waals surface area contributed by atoms with Gasteiger partial charge in [0.05, 0.1) is 20.2 Å². The molecular formula is C22H28IN5O. The van der Waals surface area contributed by atoms with E-state index in [0.717, 1.165) is 36.2 Å². The fourth-order valence-electron chi connectivity index (χ4n) is 2.93. The molecule has 29 heavy (non-hydrogen) atoms. The molecule has 0 saturated carbocycles. The van der Waals surface area contributed by atoms with Crippen LogP contribution >= 0.6 is 24.0 Å². The summed E-state index contributed by atoms with van der Waals surface area (Å²) < 4.78 is 7.55. The lowest BCUT2D eigenvalue weighted by atomic mass is 10.2. The Morgan fingerprint density at radius 3 is 2.59 bits per heavy atom. The average molecular weight is 505 g/mol. The fourth-order valence-corrected chi connectivity index (χ4v) is 2.93. The summed E-state index contributed by atoms with van der Waals surface area (Å²) in [6, 6.07) is 18.3. The second-order valence-corrected chi connectivity index (χ2v) is 6.32. The van der Waals surface area contributed by atoms with Crippen LogP contribution in [-0.4, -0.2) is 29.2 Å². The van der Waals surface area contributed by atoms with Crippen molar-refractivity contribution in [2.45, 2.75) is 26.6 Å². The van der Waals surface area contributed by atoms with Crippen LogP contribution in [0, 0.1) is 0 Å². The Hall–Kier alpha value is -2.55. The zero-order valence-electron chi connectivity index (χ0n) is 16.8. The molecule has 1 heterocycles. The Morgan fingerprint density at radius 1 is 1.07 bits per heavy atom. The fraction of sp³-hybridized carbons (Fsp3) is 0.273. The van der Waals surface area contributed by atoms with Crippen LogP contribution < -0.4 is 15.4 Å². The Morgan fingerprint density at radius 2 is 1.83 bits per heavy atom. The molecule has 0 spiro atoms. The lowest BCUT2D eigenvalue weighted by Crippen LogP contribution is -2.37. The number of ether oxygens (including phenoxy) is 1. The standard InChI is InChI=1S/C22H27N5O.HI/c1-3-23-22(25-15-19-11-7-8-12-20(19)28-2)26-16-21-24-13-14-27(21)17-18-9-5-4-6-10-18;/h4-14H,3,15-17H2,1-2H3,(H2,23,25,26);1H. The average Bonchev–Trinajstić information content (AvgIpc) is 3.18. The van der Waals surface area contributed by atoms with E-state index in [1.54, 1.807) is 7.11 Å². The molecule has 0 fully saturated rings. The molecule has 0 aliphatic heterocycles. The molecular weight excluding hydrogens is 477 g/mol. The third kappa shape index (κ3) is 6.77. The van der Waals surface area contributed by atoms with Crippen molar-refractivity contribution in [2.75, 3.05) is 13.7 Å². The quantitative estimate of drug-likeness (QED) is 0.278. The molecule has 0 unspecified atom stereocenters. The van der Waals surface area contributed by atoms with E-state index < -0.39 is 0 Å². The van der Waals surface area contributed by atoms with Gasteiger partial charge >= 0.3 is 0 Å². The molecule has 6 nitrogen and oxygen atoms in total. The Bertz CT molecular complexity index is 895. The van der Waals surface area contributed by atoms with Gasteiger partial charge in [0.2, 0.25) is 0 Å². The molecule has 0 aliphatic carbocycles. The van der Waals surface area contributed by atoms with E-state index in [1.165, 1.54) is 5.56 Å². The van der Waals surface area contributed by atoms with E-state index in [9.17, 15) is 0 Å². The van der Waals surface area contributed by atoms with Gasteiger partial charge in [-0.15, -0.1) is 24.0 Å². The minimum Gasteiger partial charge on any atom is -0.496 e. The van der Waals surface area contributed by atoms with Crippen LogP contribution in [0.3, 0.4) is 0 Å². The number of nitrogens with one attached hydrogen (secondary N) is 2. The van der Waals surface area contributed by atoms with Crippen molar-refractivity contribution in [1.29, 1.82) is 0 Å². The largest absolute Gasteiger partial charge is 0.496 e. The van der Waals surface area contributed by atoms with Gasteiger partial charge in [-0.05, 0) is 18.6 Å². The number of para-hydroxylation sites is 1. The van der Waals surface area contributed by atoms with E-state index in [4.69, 9.17) is 4.74 Å². The molecule has 0 atom stereocenters. The highest BCUT2D eigenvalue weighted by molar-refractivity contribution is 14.0. The third-order valence-electron chi connectivity index (χ3n) is 4.36. The zero-order chi connectivity index (χ0) is 19.6. The molecule has 0 radical (unpaired) electrons. The van der Waals surface area contributed by atoms with Crippen molar-refractivity contribution in [1.82, 2.24) is 20.2 Å². The summed E-state index contributed by atoms with van der Waals surface area (Å²) in [5.41, 5.74) is 2.30. The number of nitrogens with zero attached hydrogens (tertiary/aromatic N) is 3. The Labute approximate surface area is 189 Å². The Balaban J connectivity index is 0.00000300. The number of guanidine groups is 1. The van der Waals surface area contributed by atoms with E-state index in [0.29, 0.717) is 13.1 Å². The van der Waals surface area contributed by atoms with Crippen molar-refractivity contribution in [3.63, 3.8) is 0 Å². The molecule has 0 amide bonds. The summed E-state index contributed by atoms with van der Waals surface area (Å²) in [6.45, 7) is 4.77. The van der Waals surface area contributed by atoms with Gasteiger partial charge in [-0.25, -0.2) is 9.98 Å². The summed E-state index contributed by atoms with van der Waals surface area (Å²) in [5.74, 6) is 2.56. The lowest BCUT2D eigenvalue weighted by molar-refractivity contribution is 0.410. The number of aromatic nitrogens is 2. The molecule has 0 saturated heterocycles. The van der Waals surface area contributed by atoms with Crippen LogP contribution in [0.25, 0.3) is 0 Å². The van der Waals surface area contributed by atoms with Gasteiger partial charge in [0.25, 0.3) is 0 Å². The maximum absolute atomic E-state index is 5.41. The van der Waals surface area contributed by atoms with Crippen LogP contribution in [-0.2, 0) is 19.6 Å². The zero-order valence-corrected chi connectivity index (χ0v) is 19.2. The van der Waals surface area contributed by atoms with Gasteiger partial charge in [-0.3, -0.25) is 0 Å². The normalized spacial score (nSPS) is 10.9. The van der Waals surface area contributed by atoms with Crippen molar-refractivity contribution >= 4 is 29.9 Å². The number of imidazole rings is 1. The molecule has 3 aromatic rings. The highest BCUT2D eigenvalue weighted by Gasteiger charge is 2.06. The minimum atomic E-state index is 0. The summed E-state index contributed by atoms with van der Waals surface area (Å²) in [4.78, 5) is 9.17. The van der Waals surface area contributed by atoms with Crippen LogP contribution in [0.1, 0.15) is 23.9 Å². The molecule has 3 rings (SSSR count). The first kappa shape index (κ1) is 22.7. The maximum Gasteiger partial charge on any atom is 0.191 e. The number of hydrogen-bond acceptors (Lipinski definition) is 3.